The summed E-state index contributed by atoms with van der Waals surface area (Å²) < 4.78 is 4.71. The van der Waals surface area contributed by atoms with Crippen molar-refractivity contribution in [2.75, 3.05) is 19.0 Å². The number of aryl methyl sites for hydroxylation is 1. The number of allylic oxidation sites excluding steroid dienone is 1. The minimum atomic E-state index is 1.16. The number of anilines is 1. The summed E-state index contributed by atoms with van der Waals surface area (Å²) >= 11 is 0. The first-order chi connectivity index (χ1) is 13.1. The Bertz CT molecular complexity index is 964. The molecule has 138 valence electrons. The first kappa shape index (κ1) is 17.7. The molecular formula is C25H27NO. The van der Waals surface area contributed by atoms with Gasteiger partial charge in [0.2, 0.25) is 0 Å². The molecular weight excluding hydrogens is 330 g/mol. The van der Waals surface area contributed by atoms with Crippen LogP contribution in [-0.2, 0) is 19.3 Å². The third-order valence-electron chi connectivity index (χ3n) is 5.54. The minimum Gasteiger partial charge on any atom is -0.472 e. The number of hydrogen-bond donors (Lipinski definition) is 0. The zero-order valence-electron chi connectivity index (χ0n) is 16.5. The zero-order chi connectivity index (χ0) is 18.8. The van der Waals surface area contributed by atoms with Gasteiger partial charge in [-0.3, -0.25) is 0 Å². The molecule has 0 amide bonds. The quantitative estimate of drug-likeness (QED) is 0.526. The zero-order valence-corrected chi connectivity index (χ0v) is 16.5. The molecule has 2 nitrogen and oxygen atoms in total. The highest BCUT2D eigenvalue weighted by atomic mass is 16.3. The maximum absolute atomic E-state index is 4.71. The second-order valence-electron chi connectivity index (χ2n) is 7.60. The largest absolute Gasteiger partial charge is 0.472 e. The smallest absolute Gasteiger partial charge is 0.0931 e. The molecule has 0 saturated carbocycles. The van der Waals surface area contributed by atoms with Crippen LogP contribution in [0.3, 0.4) is 0 Å². The number of benzene rings is 2. The lowest BCUT2D eigenvalue weighted by Crippen LogP contribution is -2.16. The molecule has 3 aromatic rings. The summed E-state index contributed by atoms with van der Waals surface area (Å²) in [5, 5.41) is 0. The van der Waals surface area contributed by atoms with Gasteiger partial charge in [0, 0.05) is 19.8 Å². The Labute approximate surface area is 162 Å². The van der Waals surface area contributed by atoms with Crippen molar-refractivity contribution < 1.29 is 4.42 Å². The van der Waals surface area contributed by atoms with E-state index in [0.717, 1.165) is 6.42 Å². The Hall–Kier alpha value is -2.74. The van der Waals surface area contributed by atoms with E-state index in [1.165, 1.54) is 52.8 Å². The van der Waals surface area contributed by atoms with E-state index in [2.05, 4.69) is 61.5 Å². The van der Waals surface area contributed by atoms with Crippen molar-refractivity contribution >= 4 is 11.8 Å². The fourth-order valence-corrected chi connectivity index (χ4v) is 4.23. The first-order valence-corrected chi connectivity index (χ1v) is 9.75. The summed E-state index contributed by atoms with van der Waals surface area (Å²) in [6.45, 7) is 1.99. The summed E-state index contributed by atoms with van der Waals surface area (Å²) in [5.41, 5.74) is 11.6. The molecule has 0 radical (unpaired) electrons. The highest BCUT2D eigenvalue weighted by molar-refractivity contribution is 5.81. The molecule has 0 spiro atoms. The van der Waals surface area contributed by atoms with E-state index in [1.54, 1.807) is 23.7 Å². The van der Waals surface area contributed by atoms with E-state index in [4.69, 9.17) is 4.42 Å². The van der Waals surface area contributed by atoms with Crippen LogP contribution in [0.15, 0.2) is 59.4 Å². The second-order valence-corrected chi connectivity index (χ2v) is 7.60. The molecule has 0 aliphatic heterocycles. The van der Waals surface area contributed by atoms with Crippen LogP contribution in [0.2, 0.25) is 0 Å². The summed E-state index contributed by atoms with van der Waals surface area (Å²) in [6.07, 6.45) is 12.7. The van der Waals surface area contributed by atoms with Gasteiger partial charge >= 0.3 is 0 Å². The first-order valence-electron chi connectivity index (χ1n) is 9.75. The lowest BCUT2D eigenvalue weighted by Gasteiger charge is -2.28. The number of furan rings is 1. The number of nitrogens with zero attached hydrogens (tertiary/aromatic N) is 1. The highest BCUT2D eigenvalue weighted by Gasteiger charge is 2.22. The molecule has 0 saturated heterocycles. The Morgan fingerprint density at radius 3 is 2.37 bits per heavy atom. The van der Waals surface area contributed by atoms with Crippen LogP contribution in [0.5, 0.6) is 0 Å². The molecule has 1 heterocycles. The standard InChI is InChI=1S/C20H21N.C5H6O/c1-21(2)20-9-5-8-16-18-11-10-14-6-3-4-7-15(14)17(18)12-13-19(16)20;1-5-2-3-6-4-5/h3,5-6,8-11H,4,7,12-13H2,1-2H3;2-4H,1H3. The molecule has 0 unspecified atom stereocenters. The molecule has 0 fully saturated rings. The molecule has 1 aromatic heterocycles. The van der Waals surface area contributed by atoms with Crippen LogP contribution in [0.1, 0.15) is 34.2 Å². The van der Waals surface area contributed by atoms with Crippen molar-refractivity contribution in [1.82, 2.24) is 0 Å². The van der Waals surface area contributed by atoms with Gasteiger partial charge in [-0.05, 0) is 83.7 Å². The lowest BCUT2D eigenvalue weighted by molar-refractivity contribution is 0.565. The molecule has 2 heteroatoms. The highest BCUT2D eigenvalue weighted by Crippen LogP contribution is 2.41. The molecule has 0 atom stereocenters. The summed E-state index contributed by atoms with van der Waals surface area (Å²) in [6, 6.07) is 13.3. The molecule has 0 N–H and O–H groups in total. The van der Waals surface area contributed by atoms with E-state index < -0.39 is 0 Å². The molecule has 27 heavy (non-hydrogen) atoms. The van der Waals surface area contributed by atoms with Crippen LogP contribution in [0.25, 0.3) is 17.2 Å². The minimum absolute atomic E-state index is 1.16. The summed E-state index contributed by atoms with van der Waals surface area (Å²) in [5.74, 6) is 0. The predicted molar refractivity (Wildman–Crippen MR) is 114 cm³/mol. The van der Waals surface area contributed by atoms with Crippen molar-refractivity contribution in [1.29, 1.82) is 0 Å². The van der Waals surface area contributed by atoms with E-state index >= 15 is 0 Å². The predicted octanol–water partition coefficient (Wildman–Crippen LogP) is 6.07. The van der Waals surface area contributed by atoms with Gasteiger partial charge in [-0.25, -0.2) is 0 Å². The molecule has 0 bridgehead atoms. The Kier molecular flexibility index (Phi) is 4.89. The van der Waals surface area contributed by atoms with Gasteiger partial charge in [-0.2, -0.15) is 0 Å². The molecule has 5 rings (SSSR count). The maximum atomic E-state index is 4.71. The van der Waals surface area contributed by atoms with E-state index in [9.17, 15) is 0 Å². The topological polar surface area (TPSA) is 16.4 Å². The van der Waals surface area contributed by atoms with Gasteiger partial charge in [0.15, 0.2) is 0 Å². The maximum Gasteiger partial charge on any atom is 0.0931 e. The molecule has 2 aliphatic rings. The van der Waals surface area contributed by atoms with Crippen molar-refractivity contribution in [3.8, 4) is 11.1 Å². The van der Waals surface area contributed by atoms with Crippen molar-refractivity contribution in [3.63, 3.8) is 0 Å². The Morgan fingerprint density at radius 2 is 1.67 bits per heavy atom. The Morgan fingerprint density at radius 1 is 0.852 bits per heavy atom. The van der Waals surface area contributed by atoms with Gasteiger partial charge in [0.25, 0.3) is 0 Å². The normalized spacial score (nSPS) is 13.7. The van der Waals surface area contributed by atoms with Crippen LogP contribution < -0.4 is 4.90 Å². The van der Waals surface area contributed by atoms with Crippen LogP contribution >= 0.6 is 0 Å². The van der Waals surface area contributed by atoms with Gasteiger partial charge in [-0.15, -0.1) is 0 Å². The number of fused-ring (bicyclic) bond motifs is 5. The van der Waals surface area contributed by atoms with Crippen molar-refractivity contribution in [2.45, 2.75) is 32.6 Å². The van der Waals surface area contributed by atoms with E-state index in [0.29, 0.717) is 0 Å². The third kappa shape index (κ3) is 3.44. The number of rotatable bonds is 1. The SMILES string of the molecule is CN(C)c1cccc2c1CCc1c-2ccc2c1CCC=C2.Cc1ccoc1. The summed E-state index contributed by atoms with van der Waals surface area (Å²) in [7, 11) is 4.28. The molecule has 2 aliphatic carbocycles. The van der Waals surface area contributed by atoms with Gasteiger partial charge in [0.05, 0.1) is 12.5 Å². The second kappa shape index (κ2) is 7.48. The van der Waals surface area contributed by atoms with Gasteiger partial charge in [-0.1, -0.05) is 36.4 Å². The molecule has 2 aromatic carbocycles. The van der Waals surface area contributed by atoms with Crippen LogP contribution in [-0.4, -0.2) is 14.1 Å². The van der Waals surface area contributed by atoms with E-state index in [-0.39, 0.29) is 0 Å². The Balaban J connectivity index is 0.000000257. The fourth-order valence-electron chi connectivity index (χ4n) is 4.23. The van der Waals surface area contributed by atoms with Gasteiger partial charge in [0.1, 0.15) is 0 Å². The fraction of sp³-hybridized carbons (Fsp3) is 0.280. The van der Waals surface area contributed by atoms with Crippen LogP contribution in [0.4, 0.5) is 5.69 Å². The third-order valence-corrected chi connectivity index (χ3v) is 5.54. The van der Waals surface area contributed by atoms with Crippen LogP contribution in [0, 0.1) is 6.92 Å². The average Bonchev–Trinajstić information content (AvgIpc) is 3.18. The van der Waals surface area contributed by atoms with E-state index in [1.807, 2.05) is 13.0 Å². The average molecular weight is 357 g/mol. The monoisotopic (exact) mass is 357 g/mol. The van der Waals surface area contributed by atoms with Crippen molar-refractivity contribution in [3.05, 3.63) is 82.8 Å². The number of hydrogen-bond acceptors (Lipinski definition) is 2. The lowest BCUT2D eigenvalue weighted by atomic mass is 9.79. The van der Waals surface area contributed by atoms with Crippen molar-refractivity contribution in [2.24, 2.45) is 0 Å². The summed E-state index contributed by atoms with van der Waals surface area (Å²) in [4.78, 5) is 2.24. The van der Waals surface area contributed by atoms with Gasteiger partial charge < -0.3 is 9.32 Å².